The van der Waals surface area contributed by atoms with Crippen LogP contribution in [0.3, 0.4) is 0 Å². The number of hydrogen-bond donors (Lipinski definition) is 2. The summed E-state index contributed by atoms with van der Waals surface area (Å²) in [6.45, 7) is 1.97. The van der Waals surface area contributed by atoms with Crippen LogP contribution in [0.4, 0.5) is 5.69 Å². The molecule has 2 N–H and O–H groups in total. The molecular weight excluding hydrogens is 226 g/mol. The third kappa shape index (κ3) is 2.54. The van der Waals surface area contributed by atoms with E-state index in [0.29, 0.717) is 0 Å². The third-order valence-electron chi connectivity index (χ3n) is 2.69. The van der Waals surface area contributed by atoms with Crippen LogP contribution in [0.15, 0.2) is 24.3 Å². The molecule has 1 aromatic rings. The SMILES string of the molecule is Cc1cccc(NC2CS(=O)(=O)CC2O)c1. The summed E-state index contributed by atoms with van der Waals surface area (Å²) >= 11 is 0. The largest absolute Gasteiger partial charge is 0.390 e. The molecule has 0 aliphatic carbocycles. The maximum Gasteiger partial charge on any atom is 0.155 e. The van der Waals surface area contributed by atoms with Gasteiger partial charge in [-0.2, -0.15) is 0 Å². The van der Waals surface area contributed by atoms with Gasteiger partial charge in [0, 0.05) is 5.69 Å². The fraction of sp³-hybridized carbons (Fsp3) is 0.455. The van der Waals surface area contributed by atoms with E-state index in [1.54, 1.807) is 0 Å². The predicted octanol–water partition coefficient (Wildman–Crippen LogP) is 0.565. The Kier molecular flexibility index (Phi) is 2.90. The Balaban J connectivity index is 2.11. The van der Waals surface area contributed by atoms with E-state index < -0.39 is 22.0 Å². The molecule has 0 spiro atoms. The average molecular weight is 241 g/mol. The van der Waals surface area contributed by atoms with Crippen molar-refractivity contribution in [1.82, 2.24) is 0 Å². The molecule has 5 heteroatoms. The Morgan fingerprint density at radius 1 is 1.38 bits per heavy atom. The van der Waals surface area contributed by atoms with Gasteiger partial charge in [-0.3, -0.25) is 0 Å². The summed E-state index contributed by atoms with van der Waals surface area (Å²) in [5.41, 5.74) is 1.95. The Labute approximate surface area is 95.2 Å². The van der Waals surface area contributed by atoms with E-state index in [2.05, 4.69) is 5.32 Å². The number of sulfone groups is 1. The molecule has 4 nitrogen and oxygen atoms in total. The molecule has 0 bridgehead atoms. The molecule has 2 rings (SSSR count). The van der Waals surface area contributed by atoms with Crippen LogP contribution in [0.25, 0.3) is 0 Å². The van der Waals surface area contributed by atoms with Crippen LogP contribution in [-0.2, 0) is 9.84 Å². The Hall–Kier alpha value is -1.07. The monoisotopic (exact) mass is 241 g/mol. The zero-order valence-corrected chi connectivity index (χ0v) is 9.87. The van der Waals surface area contributed by atoms with Crippen LogP contribution >= 0.6 is 0 Å². The lowest BCUT2D eigenvalue weighted by Crippen LogP contribution is -2.31. The van der Waals surface area contributed by atoms with E-state index in [0.717, 1.165) is 11.3 Å². The molecule has 0 radical (unpaired) electrons. The van der Waals surface area contributed by atoms with Crippen molar-refractivity contribution in [3.8, 4) is 0 Å². The number of aliphatic hydroxyl groups excluding tert-OH is 1. The summed E-state index contributed by atoms with van der Waals surface area (Å²) in [7, 11) is -3.09. The highest BCUT2D eigenvalue weighted by Gasteiger charge is 2.36. The van der Waals surface area contributed by atoms with E-state index in [1.165, 1.54) is 0 Å². The molecular formula is C11H15NO3S. The predicted molar refractivity (Wildman–Crippen MR) is 63.3 cm³/mol. The summed E-state index contributed by atoms with van der Waals surface area (Å²) in [5.74, 6) is -0.140. The van der Waals surface area contributed by atoms with Crippen LogP contribution < -0.4 is 5.32 Å². The Bertz CT molecular complexity index is 484. The first-order valence-corrected chi connectivity index (χ1v) is 7.00. The van der Waals surface area contributed by atoms with Crippen LogP contribution in [0, 0.1) is 6.92 Å². The van der Waals surface area contributed by atoms with Gasteiger partial charge < -0.3 is 10.4 Å². The average Bonchev–Trinajstić information content (AvgIpc) is 2.39. The van der Waals surface area contributed by atoms with Crippen molar-refractivity contribution < 1.29 is 13.5 Å². The molecule has 0 aromatic heterocycles. The molecule has 1 saturated heterocycles. The Morgan fingerprint density at radius 2 is 2.12 bits per heavy atom. The molecule has 1 aromatic carbocycles. The van der Waals surface area contributed by atoms with Gasteiger partial charge in [0.25, 0.3) is 0 Å². The molecule has 16 heavy (non-hydrogen) atoms. The molecule has 2 atom stereocenters. The molecule has 1 aliphatic rings. The number of aryl methyl sites for hydroxylation is 1. The second-order valence-corrected chi connectivity index (χ2v) is 6.42. The van der Waals surface area contributed by atoms with E-state index in [9.17, 15) is 13.5 Å². The topological polar surface area (TPSA) is 66.4 Å². The quantitative estimate of drug-likeness (QED) is 0.794. The number of nitrogens with one attached hydrogen (secondary N) is 1. The molecule has 1 fully saturated rings. The second kappa shape index (κ2) is 4.07. The number of anilines is 1. The summed E-state index contributed by atoms with van der Waals surface area (Å²) in [6.07, 6.45) is -0.814. The van der Waals surface area contributed by atoms with Crippen molar-refractivity contribution in [2.45, 2.75) is 19.1 Å². The van der Waals surface area contributed by atoms with Crippen LogP contribution in [0.1, 0.15) is 5.56 Å². The third-order valence-corrected chi connectivity index (χ3v) is 4.41. The second-order valence-electron chi connectivity index (χ2n) is 4.26. The minimum absolute atomic E-state index is 0.00209. The van der Waals surface area contributed by atoms with Gasteiger partial charge >= 0.3 is 0 Å². The standard InChI is InChI=1S/C11H15NO3S/c1-8-3-2-4-9(5-8)12-10-6-16(14,15)7-11(10)13/h2-5,10-13H,6-7H2,1H3. The van der Waals surface area contributed by atoms with Crippen molar-refractivity contribution in [2.75, 3.05) is 16.8 Å². The summed E-state index contributed by atoms with van der Waals surface area (Å²) < 4.78 is 22.6. The molecule has 0 saturated carbocycles. The summed E-state index contributed by atoms with van der Waals surface area (Å²) in [5, 5.41) is 12.7. The molecule has 1 heterocycles. The van der Waals surface area contributed by atoms with Crippen LogP contribution in [-0.4, -0.2) is 37.2 Å². The lowest BCUT2D eigenvalue weighted by atomic mass is 10.1. The minimum atomic E-state index is -3.09. The van der Waals surface area contributed by atoms with Gasteiger partial charge in [0.05, 0.1) is 23.7 Å². The number of aliphatic hydroxyl groups is 1. The fourth-order valence-electron chi connectivity index (χ4n) is 1.92. The minimum Gasteiger partial charge on any atom is -0.390 e. The number of hydrogen-bond acceptors (Lipinski definition) is 4. The zero-order valence-electron chi connectivity index (χ0n) is 9.05. The van der Waals surface area contributed by atoms with Gasteiger partial charge in [-0.25, -0.2) is 8.42 Å². The Morgan fingerprint density at radius 3 is 2.69 bits per heavy atom. The highest BCUT2D eigenvalue weighted by atomic mass is 32.2. The molecule has 88 valence electrons. The first kappa shape index (κ1) is 11.4. The molecule has 2 unspecified atom stereocenters. The normalized spacial score (nSPS) is 27.9. The van der Waals surface area contributed by atoms with Gasteiger partial charge in [-0.1, -0.05) is 12.1 Å². The van der Waals surface area contributed by atoms with Crippen molar-refractivity contribution in [1.29, 1.82) is 0 Å². The van der Waals surface area contributed by atoms with E-state index in [-0.39, 0.29) is 11.5 Å². The van der Waals surface area contributed by atoms with Crippen molar-refractivity contribution >= 4 is 15.5 Å². The summed E-state index contributed by atoms with van der Waals surface area (Å²) in [6, 6.07) is 7.26. The molecule has 0 amide bonds. The van der Waals surface area contributed by atoms with E-state index in [1.807, 2.05) is 31.2 Å². The highest BCUT2D eigenvalue weighted by Crippen LogP contribution is 2.18. The lowest BCUT2D eigenvalue weighted by Gasteiger charge is -2.16. The van der Waals surface area contributed by atoms with Gasteiger partial charge in [0.1, 0.15) is 0 Å². The number of benzene rings is 1. The molecule has 1 aliphatic heterocycles. The van der Waals surface area contributed by atoms with Gasteiger partial charge in [-0.05, 0) is 24.6 Å². The van der Waals surface area contributed by atoms with Crippen LogP contribution in [0.2, 0.25) is 0 Å². The van der Waals surface area contributed by atoms with Crippen molar-refractivity contribution in [3.05, 3.63) is 29.8 Å². The summed E-state index contributed by atoms with van der Waals surface area (Å²) in [4.78, 5) is 0. The maximum absolute atomic E-state index is 11.3. The lowest BCUT2D eigenvalue weighted by molar-refractivity contribution is 0.190. The maximum atomic E-state index is 11.3. The highest BCUT2D eigenvalue weighted by molar-refractivity contribution is 7.91. The smallest absolute Gasteiger partial charge is 0.155 e. The van der Waals surface area contributed by atoms with Gasteiger partial charge in [-0.15, -0.1) is 0 Å². The number of rotatable bonds is 2. The van der Waals surface area contributed by atoms with E-state index in [4.69, 9.17) is 0 Å². The first-order valence-electron chi connectivity index (χ1n) is 5.18. The van der Waals surface area contributed by atoms with Crippen molar-refractivity contribution in [3.63, 3.8) is 0 Å². The van der Waals surface area contributed by atoms with Crippen LogP contribution in [0.5, 0.6) is 0 Å². The van der Waals surface area contributed by atoms with Gasteiger partial charge in [0.15, 0.2) is 9.84 Å². The fourth-order valence-corrected chi connectivity index (χ4v) is 3.66. The van der Waals surface area contributed by atoms with Gasteiger partial charge in [0.2, 0.25) is 0 Å². The zero-order chi connectivity index (χ0) is 11.8. The van der Waals surface area contributed by atoms with Crippen molar-refractivity contribution in [2.24, 2.45) is 0 Å². The first-order chi connectivity index (χ1) is 7.46. The van der Waals surface area contributed by atoms with E-state index >= 15 is 0 Å².